The molecule has 3 aliphatic rings. The molecule has 3 heterocycles. The molecule has 0 aliphatic carbocycles. The van der Waals surface area contributed by atoms with Crippen molar-refractivity contribution in [1.29, 1.82) is 0 Å². The monoisotopic (exact) mass is 562 g/mol. The average molecular weight is 563 g/mol. The molecule has 194 valence electrons. The molecular formula is C21H30N4O6S4. The van der Waals surface area contributed by atoms with Crippen LogP contribution in [0.25, 0.3) is 0 Å². The third-order valence-electron chi connectivity index (χ3n) is 6.41. The number of likely N-dealkylation sites (tertiary alicyclic amines) is 1. The number of benzene rings is 1. The second kappa shape index (κ2) is 11.9. The summed E-state index contributed by atoms with van der Waals surface area (Å²) in [6.07, 6.45) is 0.0588. The summed E-state index contributed by atoms with van der Waals surface area (Å²) in [5.74, 6) is 2.83. The molecule has 4 rings (SSSR count). The molecular weight excluding hydrogens is 533 g/mol. The Hall–Kier alpha value is -1.19. The van der Waals surface area contributed by atoms with Gasteiger partial charge in [0, 0.05) is 67.4 Å². The highest BCUT2D eigenvalue weighted by Crippen LogP contribution is 2.37. The van der Waals surface area contributed by atoms with E-state index in [2.05, 4.69) is 17.5 Å². The number of nitro groups is 1. The smallest absolute Gasteiger partial charge is 0.410 e. The normalized spacial score (nSPS) is 26.2. The molecule has 3 saturated heterocycles. The third kappa shape index (κ3) is 6.77. The quantitative estimate of drug-likeness (QED) is 0.290. The van der Waals surface area contributed by atoms with E-state index in [1.54, 1.807) is 33.1 Å². The molecule has 3 fully saturated rings. The lowest BCUT2D eigenvalue weighted by molar-refractivity contribution is -0.384. The molecule has 0 bridgehead atoms. The molecule has 1 aromatic carbocycles. The number of non-ortho nitro benzene ring substituents is 1. The largest absolute Gasteiger partial charge is 0.445 e. The van der Waals surface area contributed by atoms with Gasteiger partial charge in [-0.25, -0.2) is 13.2 Å². The summed E-state index contributed by atoms with van der Waals surface area (Å²) in [5, 5.41) is 10.4. The van der Waals surface area contributed by atoms with Crippen molar-refractivity contribution < 1.29 is 22.9 Å². The summed E-state index contributed by atoms with van der Waals surface area (Å²) in [6, 6.07) is 5.52. The Morgan fingerprint density at radius 2 is 1.89 bits per heavy atom. The van der Waals surface area contributed by atoms with Crippen LogP contribution in [0.1, 0.15) is 12.0 Å². The number of amides is 1. The Labute approximate surface area is 219 Å². The van der Waals surface area contributed by atoms with Crippen LogP contribution in [0.2, 0.25) is 0 Å². The minimum absolute atomic E-state index is 0.0226. The summed E-state index contributed by atoms with van der Waals surface area (Å²) in [4.78, 5) is 27.1. The molecule has 0 aromatic heterocycles. The van der Waals surface area contributed by atoms with Crippen molar-refractivity contribution in [3.05, 3.63) is 39.9 Å². The van der Waals surface area contributed by atoms with Crippen LogP contribution in [-0.2, 0) is 21.4 Å². The zero-order chi connectivity index (χ0) is 25.0. The Kier molecular flexibility index (Phi) is 9.14. The first-order chi connectivity index (χ1) is 16.7. The highest BCUT2D eigenvalue weighted by atomic mass is 32.2. The average Bonchev–Trinajstić information content (AvgIpc) is 3.49. The number of carbonyl (C=O) groups excluding carboxylic acids is 1. The van der Waals surface area contributed by atoms with Gasteiger partial charge in [0.1, 0.15) is 6.61 Å². The van der Waals surface area contributed by atoms with E-state index < -0.39 is 21.0 Å². The zero-order valence-corrected chi connectivity index (χ0v) is 22.6. The molecule has 35 heavy (non-hydrogen) atoms. The second-order valence-electron chi connectivity index (χ2n) is 8.73. The van der Waals surface area contributed by atoms with Gasteiger partial charge >= 0.3 is 6.09 Å². The number of thiol groups is 1. The van der Waals surface area contributed by atoms with Crippen LogP contribution in [0.4, 0.5) is 10.5 Å². The van der Waals surface area contributed by atoms with Gasteiger partial charge in [-0.15, -0.1) is 11.8 Å². The van der Waals surface area contributed by atoms with Crippen LogP contribution in [-0.4, -0.2) is 106 Å². The van der Waals surface area contributed by atoms with E-state index in [-0.39, 0.29) is 34.7 Å². The Morgan fingerprint density at radius 1 is 1.17 bits per heavy atom. The molecule has 0 N–H and O–H groups in total. The summed E-state index contributed by atoms with van der Waals surface area (Å²) in [7, 11) is -3.47. The molecule has 1 amide bonds. The maximum absolute atomic E-state index is 13.3. The van der Waals surface area contributed by atoms with Gasteiger partial charge in [-0.3, -0.25) is 10.1 Å². The van der Waals surface area contributed by atoms with Crippen LogP contribution < -0.4 is 0 Å². The predicted molar refractivity (Wildman–Crippen MR) is 142 cm³/mol. The van der Waals surface area contributed by atoms with Crippen LogP contribution in [0.3, 0.4) is 0 Å². The number of thioether (sulfide) groups is 2. The van der Waals surface area contributed by atoms with Crippen LogP contribution in [0.5, 0.6) is 0 Å². The molecule has 0 radical (unpaired) electrons. The molecule has 3 atom stereocenters. The van der Waals surface area contributed by atoms with E-state index in [0.29, 0.717) is 37.4 Å². The van der Waals surface area contributed by atoms with E-state index in [1.165, 1.54) is 12.1 Å². The number of nitro benzene ring substituents is 1. The Morgan fingerprint density at radius 3 is 2.57 bits per heavy atom. The highest BCUT2D eigenvalue weighted by molar-refractivity contribution is 8.01. The van der Waals surface area contributed by atoms with Crippen molar-refractivity contribution in [2.45, 2.75) is 29.7 Å². The maximum Gasteiger partial charge on any atom is 0.410 e. The highest BCUT2D eigenvalue weighted by Gasteiger charge is 2.47. The SMILES string of the molecule is O=C(OCc1ccc([N+](=O)[O-])cc1)N1CC(S)CC1C1SCCN1S(=O)(=O)CCN1CCSCC1. The van der Waals surface area contributed by atoms with Gasteiger partial charge in [-0.2, -0.15) is 28.7 Å². The Balaban J connectivity index is 1.38. The van der Waals surface area contributed by atoms with Gasteiger partial charge in [0.05, 0.1) is 22.1 Å². The molecule has 0 spiro atoms. The van der Waals surface area contributed by atoms with Crippen molar-refractivity contribution in [3.8, 4) is 0 Å². The van der Waals surface area contributed by atoms with Crippen molar-refractivity contribution in [2.24, 2.45) is 0 Å². The summed E-state index contributed by atoms with van der Waals surface area (Å²) < 4.78 is 33.6. The zero-order valence-electron chi connectivity index (χ0n) is 19.2. The lowest BCUT2D eigenvalue weighted by Gasteiger charge is -2.33. The lowest BCUT2D eigenvalue weighted by Crippen LogP contribution is -2.50. The van der Waals surface area contributed by atoms with Gasteiger partial charge < -0.3 is 14.5 Å². The maximum atomic E-state index is 13.3. The number of hydrogen-bond acceptors (Lipinski definition) is 10. The number of nitrogens with zero attached hydrogens (tertiary/aromatic N) is 4. The number of rotatable bonds is 8. The van der Waals surface area contributed by atoms with Crippen molar-refractivity contribution in [2.75, 3.05) is 55.7 Å². The van der Waals surface area contributed by atoms with Gasteiger partial charge in [-0.05, 0) is 24.1 Å². The van der Waals surface area contributed by atoms with Crippen molar-refractivity contribution in [1.82, 2.24) is 14.1 Å². The van der Waals surface area contributed by atoms with Crippen LogP contribution in [0, 0.1) is 10.1 Å². The van der Waals surface area contributed by atoms with Gasteiger partial charge in [0.25, 0.3) is 5.69 Å². The molecule has 1 aromatic rings. The molecule has 0 saturated carbocycles. The standard InChI is InChI=1S/C21H30N4O6S4/c26-21(31-15-16-1-3-17(4-2-16)25(27)28)23-14-18(32)13-19(23)20-24(7-11-34-20)35(29,30)12-8-22-5-9-33-10-6-22/h1-4,18-20,32H,5-15H2. The minimum Gasteiger partial charge on any atom is -0.445 e. The van der Waals surface area contributed by atoms with Crippen LogP contribution in [0.15, 0.2) is 24.3 Å². The molecule has 10 nitrogen and oxygen atoms in total. The fraction of sp³-hybridized carbons (Fsp3) is 0.667. The molecule has 3 unspecified atom stereocenters. The van der Waals surface area contributed by atoms with Gasteiger partial charge in [0.2, 0.25) is 10.0 Å². The lowest BCUT2D eigenvalue weighted by atomic mass is 10.2. The van der Waals surface area contributed by atoms with E-state index in [9.17, 15) is 23.3 Å². The Bertz CT molecular complexity index is 1010. The van der Waals surface area contributed by atoms with Crippen LogP contribution >= 0.6 is 36.2 Å². The second-order valence-corrected chi connectivity index (χ2v) is 14.0. The summed E-state index contributed by atoms with van der Waals surface area (Å²) >= 11 is 8.03. The van der Waals surface area contributed by atoms with E-state index in [0.717, 1.165) is 24.6 Å². The first-order valence-electron chi connectivity index (χ1n) is 11.5. The van der Waals surface area contributed by atoms with Crippen molar-refractivity contribution >= 4 is 58.0 Å². The number of carbonyl (C=O) groups is 1. The van der Waals surface area contributed by atoms with Crippen molar-refractivity contribution in [3.63, 3.8) is 0 Å². The topological polar surface area (TPSA) is 113 Å². The van der Waals surface area contributed by atoms with Gasteiger partial charge in [0.15, 0.2) is 0 Å². The molecule has 14 heteroatoms. The van der Waals surface area contributed by atoms with Gasteiger partial charge in [-0.1, -0.05) is 0 Å². The fourth-order valence-corrected chi connectivity index (χ4v) is 9.43. The van der Waals surface area contributed by atoms with E-state index in [4.69, 9.17) is 4.74 Å². The number of sulfonamides is 1. The minimum atomic E-state index is -3.47. The first-order valence-corrected chi connectivity index (χ1v) is 15.8. The van der Waals surface area contributed by atoms with E-state index >= 15 is 0 Å². The third-order valence-corrected chi connectivity index (χ3v) is 11.0. The summed E-state index contributed by atoms with van der Waals surface area (Å²) in [6.45, 7) is 3.15. The van der Waals surface area contributed by atoms with E-state index in [1.807, 2.05) is 11.8 Å². The fourth-order valence-electron chi connectivity index (χ4n) is 4.53. The number of hydrogen-bond donors (Lipinski definition) is 1. The number of ether oxygens (including phenoxy) is 1. The molecule has 3 aliphatic heterocycles. The first kappa shape index (κ1) is 26.9. The predicted octanol–water partition coefficient (Wildman–Crippen LogP) is 2.36. The summed E-state index contributed by atoms with van der Waals surface area (Å²) in [5.41, 5.74) is 0.606.